The molecule has 0 radical (unpaired) electrons. The second-order valence-corrected chi connectivity index (χ2v) is 7.48. The van der Waals surface area contributed by atoms with Crippen LogP contribution in [0.4, 0.5) is 5.69 Å². The van der Waals surface area contributed by atoms with Crippen LogP contribution >= 0.6 is 11.6 Å². The summed E-state index contributed by atoms with van der Waals surface area (Å²) in [6.45, 7) is 3.66. The molecule has 31 heavy (non-hydrogen) atoms. The minimum Gasteiger partial charge on any atom is -0.465 e. The van der Waals surface area contributed by atoms with Gasteiger partial charge in [-0.1, -0.05) is 29.8 Å². The summed E-state index contributed by atoms with van der Waals surface area (Å²) in [4.78, 5) is 24.7. The highest BCUT2D eigenvalue weighted by molar-refractivity contribution is 6.33. The maximum atomic E-state index is 13.0. The zero-order valence-electron chi connectivity index (χ0n) is 17.2. The molecule has 2 heterocycles. The van der Waals surface area contributed by atoms with Crippen LogP contribution < -0.4 is 5.01 Å². The lowest BCUT2D eigenvalue weighted by molar-refractivity contribution is -0.114. The van der Waals surface area contributed by atoms with E-state index in [2.05, 4.69) is 5.10 Å². The summed E-state index contributed by atoms with van der Waals surface area (Å²) in [5, 5.41) is 6.27. The number of ether oxygens (including phenoxy) is 1. The summed E-state index contributed by atoms with van der Waals surface area (Å²) in [6.07, 6.45) is 1.66. The zero-order chi connectivity index (χ0) is 22.1. The average Bonchev–Trinajstić information content (AvgIpc) is 3.35. The lowest BCUT2D eigenvalue weighted by atomic mass is 10.1. The topological polar surface area (TPSA) is 72.1 Å². The number of amides is 1. The third kappa shape index (κ3) is 4.02. The molecule has 1 aliphatic heterocycles. The fraction of sp³-hybridized carbons (Fsp3) is 0.125. The van der Waals surface area contributed by atoms with Gasteiger partial charge in [-0.05, 0) is 61.9 Å². The van der Waals surface area contributed by atoms with Gasteiger partial charge in [0.2, 0.25) is 0 Å². The molecule has 156 valence electrons. The molecule has 0 saturated heterocycles. The fourth-order valence-electron chi connectivity index (χ4n) is 3.22. The first kappa shape index (κ1) is 20.6. The van der Waals surface area contributed by atoms with Gasteiger partial charge in [0.15, 0.2) is 0 Å². The van der Waals surface area contributed by atoms with Crippen molar-refractivity contribution in [3.8, 4) is 11.3 Å². The number of methoxy groups -OCH3 is 1. The number of hydrogen-bond donors (Lipinski definition) is 0. The second-order valence-electron chi connectivity index (χ2n) is 7.07. The van der Waals surface area contributed by atoms with Gasteiger partial charge in [-0.25, -0.2) is 4.79 Å². The summed E-state index contributed by atoms with van der Waals surface area (Å²) in [6, 6.07) is 15.9. The molecule has 0 atom stereocenters. The van der Waals surface area contributed by atoms with Crippen LogP contribution in [0.15, 0.2) is 69.7 Å². The van der Waals surface area contributed by atoms with Crippen LogP contribution in [0.1, 0.15) is 28.6 Å². The number of nitrogens with zero attached hydrogens (tertiary/aromatic N) is 2. The molecule has 0 N–H and O–H groups in total. The standard InChI is InChI=1S/C24H19ClN2O4/c1-14-7-8-18(12-21(14)25)27-23(28)20(15(2)26-27)13-19-9-10-22(31-19)16-5-4-6-17(11-16)24(29)30-3/h4-13H,1-3H3. The van der Waals surface area contributed by atoms with Gasteiger partial charge >= 0.3 is 5.97 Å². The number of carbonyl (C=O) groups is 2. The number of aryl methyl sites for hydroxylation is 1. The number of furan rings is 1. The molecule has 0 saturated carbocycles. The lowest BCUT2D eigenvalue weighted by Gasteiger charge is -2.12. The van der Waals surface area contributed by atoms with Crippen molar-refractivity contribution in [3.63, 3.8) is 0 Å². The van der Waals surface area contributed by atoms with Gasteiger partial charge in [0.25, 0.3) is 5.91 Å². The fourth-order valence-corrected chi connectivity index (χ4v) is 3.39. The van der Waals surface area contributed by atoms with Gasteiger partial charge in [0.1, 0.15) is 11.5 Å². The molecule has 1 amide bonds. The molecule has 3 aromatic rings. The van der Waals surface area contributed by atoms with Crippen molar-refractivity contribution >= 4 is 41.0 Å². The Morgan fingerprint density at radius 1 is 1.13 bits per heavy atom. The van der Waals surface area contributed by atoms with E-state index in [9.17, 15) is 9.59 Å². The van der Waals surface area contributed by atoms with Crippen molar-refractivity contribution in [2.45, 2.75) is 13.8 Å². The molecule has 4 rings (SSSR count). The molecule has 0 aliphatic carbocycles. The monoisotopic (exact) mass is 434 g/mol. The Labute approximate surface area is 184 Å². The van der Waals surface area contributed by atoms with Gasteiger partial charge in [-0.2, -0.15) is 10.1 Å². The van der Waals surface area contributed by atoms with Crippen LogP contribution in [-0.2, 0) is 9.53 Å². The van der Waals surface area contributed by atoms with Gasteiger partial charge in [0.05, 0.1) is 29.6 Å². The molecule has 0 unspecified atom stereocenters. The minimum absolute atomic E-state index is 0.261. The third-order valence-corrected chi connectivity index (χ3v) is 5.35. The summed E-state index contributed by atoms with van der Waals surface area (Å²) in [5.74, 6) is 0.387. The van der Waals surface area contributed by atoms with Crippen molar-refractivity contribution in [1.82, 2.24) is 0 Å². The molecule has 0 fully saturated rings. The maximum Gasteiger partial charge on any atom is 0.337 e. The van der Waals surface area contributed by atoms with E-state index in [0.717, 1.165) is 11.1 Å². The Morgan fingerprint density at radius 3 is 2.68 bits per heavy atom. The summed E-state index contributed by atoms with van der Waals surface area (Å²) < 4.78 is 10.7. The Balaban J connectivity index is 1.61. The van der Waals surface area contributed by atoms with E-state index < -0.39 is 5.97 Å². The van der Waals surface area contributed by atoms with E-state index in [-0.39, 0.29) is 5.91 Å². The van der Waals surface area contributed by atoms with Gasteiger partial charge in [-0.3, -0.25) is 4.79 Å². The highest BCUT2D eigenvalue weighted by Gasteiger charge is 2.29. The van der Waals surface area contributed by atoms with Crippen molar-refractivity contribution in [3.05, 3.63) is 82.1 Å². The number of carbonyl (C=O) groups excluding carboxylic acids is 2. The predicted octanol–water partition coefficient (Wildman–Crippen LogP) is 5.50. The normalized spacial score (nSPS) is 14.8. The van der Waals surface area contributed by atoms with Gasteiger partial charge < -0.3 is 9.15 Å². The number of hydrogen-bond acceptors (Lipinski definition) is 5. The molecular formula is C24H19ClN2O4. The van der Waals surface area contributed by atoms with Crippen LogP contribution in [-0.4, -0.2) is 24.7 Å². The second kappa shape index (κ2) is 8.24. The van der Waals surface area contributed by atoms with Gasteiger partial charge in [-0.15, -0.1) is 0 Å². The number of hydrazone groups is 1. The van der Waals surface area contributed by atoms with Crippen LogP contribution in [0.2, 0.25) is 5.02 Å². The van der Waals surface area contributed by atoms with Crippen molar-refractivity contribution in [2.75, 3.05) is 12.1 Å². The first-order valence-electron chi connectivity index (χ1n) is 9.54. The quantitative estimate of drug-likeness (QED) is 0.401. The summed E-state index contributed by atoms with van der Waals surface area (Å²) >= 11 is 6.20. The van der Waals surface area contributed by atoms with E-state index in [1.165, 1.54) is 12.1 Å². The zero-order valence-corrected chi connectivity index (χ0v) is 17.9. The smallest absolute Gasteiger partial charge is 0.337 e. The molecule has 7 heteroatoms. The maximum absolute atomic E-state index is 13.0. The summed E-state index contributed by atoms with van der Waals surface area (Å²) in [7, 11) is 1.34. The minimum atomic E-state index is -0.421. The number of benzene rings is 2. The van der Waals surface area contributed by atoms with E-state index >= 15 is 0 Å². The number of rotatable bonds is 4. The Hall–Kier alpha value is -3.64. The molecule has 6 nitrogen and oxygen atoms in total. The predicted molar refractivity (Wildman–Crippen MR) is 120 cm³/mol. The summed E-state index contributed by atoms with van der Waals surface area (Å²) in [5.41, 5.74) is 3.69. The Kier molecular flexibility index (Phi) is 5.48. The Bertz CT molecular complexity index is 1260. The highest BCUT2D eigenvalue weighted by atomic mass is 35.5. The molecule has 0 spiro atoms. The van der Waals surface area contributed by atoms with Crippen LogP contribution in [0.3, 0.4) is 0 Å². The number of halogens is 1. The first-order valence-corrected chi connectivity index (χ1v) is 9.91. The van der Waals surface area contributed by atoms with Crippen molar-refractivity contribution in [1.29, 1.82) is 0 Å². The van der Waals surface area contributed by atoms with E-state index in [1.807, 2.05) is 19.1 Å². The lowest BCUT2D eigenvalue weighted by Crippen LogP contribution is -2.21. The number of anilines is 1. The van der Waals surface area contributed by atoms with E-state index in [0.29, 0.717) is 39.1 Å². The Morgan fingerprint density at radius 2 is 1.94 bits per heavy atom. The molecule has 2 aromatic carbocycles. The molecule has 0 bridgehead atoms. The van der Waals surface area contributed by atoms with Crippen molar-refractivity contribution < 1.29 is 18.7 Å². The average molecular weight is 435 g/mol. The SMILES string of the molecule is COC(=O)c1cccc(-c2ccc(C=C3C(=O)N(c4ccc(C)c(Cl)c4)N=C3C)o2)c1. The molecule has 1 aliphatic rings. The highest BCUT2D eigenvalue weighted by Crippen LogP contribution is 2.30. The van der Waals surface area contributed by atoms with Crippen molar-refractivity contribution in [2.24, 2.45) is 5.10 Å². The third-order valence-electron chi connectivity index (χ3n) is 4.94. The van der Waals surface area contributed by atoms with Gasteiger partial charge in [0, 0.05) is 10.6 Å². The van der Waals surface area contributed by atoms with Crippen LogP contribution in [0.5, 0.6) is 0 Å². The van der Waals surface area contributed by atoms with E-state index in [4.69, 9.17) is 20.8 Å². The van der Waals surface area contributed by atoms with Crippen LogP contribution in [0.25, 0.3) is 17.4 Å². The van der Waals surface area contributed by atoms with Crippen LogP contribution in [0, 0.1) is 6.92 Å². The largest absolute Gasteiger partial charge is 0.465 e. The molecule has 1 aromatic heterocycles. The van der Waals surface area contributed by atoms with E-state index in [1.54, 1.807) is 55.5 Å². The number of esters is 1. The molecular weight excluding hydrogens is 416 g/mol. The first-order chi connectivity index (χ1) is 14.9.